The number of nitrogens with one attached hydrogen (secondary N) is 2. The number of aromatic nitrogens is 3. The highest BCUT2D eigenvalue weighted by atomic mass is 79.9. The van der Waals surface area contributed by atoms with Gasteiger partial charge in [-0.15, -0.1) is 0 Å². The molecular formula is C26H36BrN7. The van der Waals surface area contributed by atoms with E-state index in [2.05, 4.69) is 91.1 Å². The Balaban J connectivity index is 1.34. The first-order chi connectivity index (χ1) is 16.5. The molecule has 2 aliphatic heterocycles. The Bertz CT molecular complexity index is 1100. The number of benzene rings is 1. The monoisotopic (exact) mass is 525 g/mol. The van der Waals surface area contributed by atoms with Gasteiger partial charge < -0.3 is 25.0 Å². The maximum Gasteiger partial charge on any atom is 0.180 e. The maximum atomic E-state index is 4.82. The topological polar surface area (TPSA) is 63.3 Å². The summed E-state index contributed by atoms with van der Waals surface area (Å²) in [5, 5.41) is 3.78. The van der Waals surface area contributed by atoms with Gasteiger partial charge in [0, 0.05) is 62.3 Å². The van der Waals surface area contributed by atoms with Gasteiger partial charge in [0.1, 0.15) is 11.3 Å². The maximum absolute atomic E-state index is 4.82. The molecule has 0 atom stereocenters. The summed E-state index contributed by atoms with van der Waals surface area (Å²) in [6.07, 6.45) is 5.35. The number of aromatic amines is 1. The van der Waals surface area contributed by atoms with Crippen molar-refractivity contribution in [2.45, 2.75) is 45.2 Å². The molecule has 5 rings (SSSR count). The Morgan fingerprint density at radius 2 is 1.79 bits per heavy atom. The van der Waals surface area contributed by atoms with Gasteiger partial charge in [-0.05, 0) is 86.9 Å². The minimum absolute atomic E-state index is 0.454. The van der Waals surface area contributed by atoms with Crippen LogP contribution in [0.1, 0.15) is 33.1 Å². The van der Waals surface area contributed by atoms with Gasteiger partial charge in [-0.1, -0.05) is 0 Å². The number of hydrogen-bond acceptors (Lipinski definition) is 6. The van der Waals surface area contributed by atoms with E-state index in [0.29, 0.717) is 12.1 Å². The van der Waals surface area contributed by atoms with Crippen LogP contribution in [-0.4, -0.2) is 83.2 Å². The van der Waals surface area contributed by atoms with E-state index >= 15 is 0 Å². The standard InChI is InChI=1S/C26H36BrN7/c1-18(2)33-13-9-20(10-14-33)29-23-22(27)17-28-26-24(23)30-25(31-26)19-5-7-21(8-6-19)34-12-4-11-32(3)15-16-34/h5-8,17-18,20H,4,9-16H2,1-3H3,(H2,28,29,30,31). The quantitative estimate of drug-likeness (QED) is 0.498. The van der Waals surface area contributed by atoms with Crippen LogP contribution in [0.2, 0.25) is 0 Å². The second-order valence-electron chi connectivity index (χ2n) is 10.0. The van der Waals surface area contributed by atoms with Gasteiger partial charge in [0.05, 0.1) is 10.2 Å². The average Bonchev–Trinajstić information content (AvgIpc) is 3.16. The van der Waals surface area contributed by atoms with Crippen LogP contribution in [0.25, 0.3) is 22.6 Å². The highest BCUT2D eigenvalue weighted by Gasteiger charge is 2.23. The third-order valence-corrected chi connectivity index (χ3v) is 7.91. The lowest BCUT2D eigenvalue weighted by molar-refractivity contribution is 0.177. The molecule has 2 aromatic heterocycles. The summed E-state index contributed by atoms with van der Waals surface area (Å²) in [6.45, 7) is 11.3. The molecule has 2 saturated heterocycles. The Morgan fingerprint density at radius 3 is 2.53 bits per heavy atom. The zero-order valence-corrected chi connectivity index (χ0v) is 22.1. The van der Waals surface area contributed by atoms with Gasteiger partial charge in [0.25, 0.3) is 0 Å². The van der Waals surface area contributed by atoms with Crippen LogP contribution in [0, 0.1) is 0 Å². The van der Waals surface area contributed by atoms with E-state index in [-0.39, 0.29) is 0 Å². The Hall–Kier alpha value is -2.16. The van der Waals surface area contributed by atoms with Crippen molar-refractivity contribution >= 4 is 38.5 Å². The van der Waals surface area contributed by atoms with Crippen LogP contribution in [0.5, 0.6) is 0 Å². The Labute approximate surface area is 211 Å². The number of fused-ring (bicyclic) bond motifs is 1. The molecule has 0 bridgehead atoms. The summed E-state index contributed by atoms with van der Waals surface area (Å²) in [6, 6.07) is 9.85. The first-order valence-corrected chi connectivity index (χ1v) is 13.4. The fourth-order valence-electron chi connectivity index (χ4n) is 5.11. The van der Waals surface area contributed by atoms with Crippen molar-refractivity contribution < 1.29 is 0 Å². The molecule has 0 unspecified atom stereocenters. The first-order valence-electron chi connectivity index (χ1n) is 12.6. The number of anilines is 2. The van der Waals surface area contributed by atoms with Crippen molar-refractivity contribution in [1.29, 1.82) is 0 Å². The van der Waals surface area contributed by atoms with Crippen LogP contribution in [0.15, 0.2) is 34.9 Å². The summed E-state index contributed by atoms with van der Waals surface area (Å²) in [5.41, 5.74) is 5.15. The fourth-order valence-corrected chi connectivity index (χ4v) is 5.53. The Morgan fingerprint density at radius 1 is 1.03 bits per heavy atom. The number of likely N-dealkylation sites (tertiary alicyclic amines) is 1. The number of imidazole rings is 1. The molecule has 8 heteroatoms. The largest absolute Gasteiger partial charge is 0.379 e. The second-order valence-corrected chi connectivity index (χ2v) is 10.9. The zero-order chi connectivity index (χ0) is 23.7. The van der Waals surface area contributed by atoms with Crippen molar-refractivity contribution in [3.63, 3.8) is 0 Å². The van der Waals surface area contributed by atoms with E-state index in [1.165, 1.54) is 18.7 Å². The molecule has 0 radical (unpaired) electrons. The van der Waals surface area contributed by atoms with Crippen molar-refractivity contribution in [3.8, 4) is 11.4 Å². The van der Waals surface area contributed by atoms with Gasteiger partial charge in [-0.3, -0.25) is 0 Å². The fraction of sp³-hybridized carbons (Fsp3) is 0.538. The van der Waals surface area contributed by atoms with Crippen molar-refractivity contribution in [3.05, 3.63) is 34.9 Å². The molecule has 2 N–H and O–H groups in total. The molecular weight excluding hydrogens is 490 g/mol. The van der Waals surface area contributed by atoms with Gasteiger partial charge in [0.15, 0.2) is 5.65 Å². The second kappa shape index (κ2) is 10.2. The predicted molar refractivity (Wildman–Crippen MR) is 145 cm³/mol. The lowest BCUT2D eigenvalue weighted by Gasteiger charge is -2.35. The molecule has 7 nitrogen and oxygen atoms in total. The van der Waals surface area contributed by atoms with E-state index in [4.69, 9.17) is 4.98 Å². The number of halogens is 1. The van der Waals surface area contributed by atoms with Crippen LogP contribution >= 0.6 is 15.9 Å². The van der Waals surface area contributed by atoms with Crippen molar-refractivity contribution in [2.75, 3.05) is 56.5 Å². The lowest BCUT2D eigenvalue weighted by Crippen LogP contribution is -2.42. The van der Waals surface area contributed by atoms with Gasteiger partial charge in [-0.2, -0.15) is 0 Å². The molecule has 4 heterocycles. The van der Waals surface area contributed by atoms with Crippen molar-refractivity contribution in [1.82, 2.24) is 24.8 Å². The number of rotatable bonds is 5. The van der Waals surface area contributed by atoms with Gasteiger partial charge >= 0.3 is 0 Å². The summed E-state index contributed by atoms with van der Waals surface area (Å²) in [7, 11) is 2.21. The number of piperidine rings is 1. The van der Waals surface area contributed by atoms with Gasteiger partial charge in [-0.25, -0.2) is 9.97 Å². The predicted octanol–water partition coefficient (Wildman–Crippen LogP) is 4.81. The molecule has 2 fully saturated rings. The minimum Gasteiger partial charge on any atom is -0.379 e. The Kier molecular flexibility index (Phi) is 7.09. The zero-order valence-electron chi connectivity index (χ0n) is 20.5. The molecule has 0 aliphatic carbocycles. The van der Waals surface area contributed by atoms with Gasteiger partial charge in [0.2, 0.25) is 0 Å². The van der Waals surface area contributed by atoms with Crippen LogP contribution in [-0.2, 0) is 0 Å². The van der Waals surface area contributed by atoms with E-state index in [1.807, 2.05) is 6.20 Å². The van der Waals surface area contributed by atoms with E-state index < -0.39 is 0 Å². The average molecular weight is 527 g/mol. The minimum atomic E-state index is 0.454. The van der Waals surface area contributed by atoms with E-state index in [9.17, 15) is 0 Å². The third-order valence-electron chi connectivity index (χ3n) is 7.31. The number of hydrogen-bond donors (Lipinski definition) is 2. The number of H-pyrrole nitrogens is 1. The number of nitrogens with zero attached hydrogens (tertiary/aromatic N) is 5. The molecule has 3 aromatic rings. The van der Waals surface area contributed by atoms with Crippen LogP contribution in [0.4, 0.5) is 11.4 Å². The van der Waals surface area contributed by atoms with Crippen LogP contribution in [0.3, 0.4) is 0 Å². The SMILES string of the molecule is CC(C)N1CCC(Nc2c(Br)cnc3nc(-c4ccc(N5CCCN(C)CC5)cc4)[nH]c23)CC1. The van der Waals surface area contributed by atoms with Crippen LogP contribution < -0.4 is 10.2 Å². The summed E-state index contributed by atoms with van der Waals surface area (Å²) < 4.78 is 0.975. The summed E-state index contributed by atoms with van der Waals surface area (Å²) in [5.74, 6) is 0.862. The molecule has 182 valence electrons. The summed E-state index contributed by atoms with van der Waals surface area (Å²) >= 11 is 3.72. The highest BCUT2D eigenvalue weighted by molar-refractivity contribution is 9.10. The highest BCUT2D eigenvalue weighted by Crippen LogP contribution is 2.33. The lowest BCUT2D eigenvalue weighted by atomic mass is 10.0. The molecule has 0 amide bonds. The first kappa shape index (κ1) is 23.6. The normalized spacial score (nSPS) is 19.1. The summed E-state index contributed by atoms with van der Waals surface area (Å²) in [4.78, 5) is 20.4. The smallest absolute Gasteiger partial charge is 0.180 e. The van der Waals surface area contributed by atoms with E-state index in [0.717, 1.165) is 78.3 Å². The number of likely N-dealkylation sites (N-methyl/N-ethyl adjacent to an activating group) is 1. The third kappa shape index (κ3) is 5.09. The molecule has 0 spiro atoms. The molecule has 0 saturated carbocycles. The van der Waals surface area contributed by atoms with Crippen molar-refractivity contribution in [2.24, 2.45) is 0 Å². The molecule has 34 heavy (non-hydrogen) atoms. The van der Waals surface area contributed by atoms with E-state index in [1.54, 1.807) is 0 Å². The molecule has 2 aliphatic rings. The number of pyridine rings is 1. The molecule has 1 aromatic carbocycles.